The van der Waals surface area contributed by atoms with Gasteiger partial charge < -0.3 is 4.57 Å². The van der Waals surface area contributed by atoms with Crippen molar-refractivity contribution in [2.45, 2.75) is 13.8 Å². The molecule has 0 atom stereocenters. The van der Waals surface area contributed by atoms with Crippen LogP contribution in [0, 0.1) is 19.7 Å². The lowest BCUT2D eigenvalue weighted by atomic mass is 10.2. The Labute approximate surface area is 163 Å². The molecular formula is C19H16BrFN2O2S. The van der Waals surface area contributed by atoms with Crippen molar-refractivity contribution in [3.63, 3.8) is 0 Å². The van der Waals surface area contributed by atoms with Gasteiger partial charge in [0.25, 0.3) is 11.1 Å². The summed E-state index contributed by atoms with van der Waals surface area (Å²) in [6.45, 7) is 7.47. The molecule has 7 heteroatoms. The van der Waals surface area contributed by atoms with E-state index in [-0.39, 0.29) is 23.5 Å². The Morgan fingerprint density at radius 3 is 2.65 bits per heavy atom. The minimum absolute atomic E-state index is 0.186. The molecule has 3 rings (SSSR count). The van der Waals surface area contributed by atoms with E-state index in [0.29, 0.717) is 15.1 Å². The lowest BCUT2D eigenvalue weighted by Gasteiger charge is -2.11. The maximum Gasteiger partial charge on any atom is 0.293 e. The van der Waals surface area contributed by atoms with E-state index in [4.69, 9.17) is 0 Å². The van der Waals surface area contributed by atoms with Crippen LogP contribution in [0.1, 0.15) is 17.0 Å². The Morgan fingerprint density at radius 1 is 1.27 bits per heavy atom. The van der Waals surface area contributed by atoms with Gasteiger partial charge in [-0.1, -0.05) is 22.0 Å². The highest BCUT2D eigenvalue weighted by atomic mass is 79.9. The number of amides is 2. The van der Waals surface area contributed by atoms with Crippen molar-refractivity contribution in [1.82, 2.24) is 9.47 Å². The van der Waals surface area contributed by atoms with Crippen molar-refractivity contribution < 1.29 is 14.0 Å². The lowest BCUT2D eigenvalue weighted by molar-refractivity contribution is -0.122. The molecule has 2 amide bonds. The van der Waals surface area contributed by atoms with Gasteiger partial charge in [-0.25, -0.2) is 4.39 Å². The minimum atomic E-state index is -0.348. The summed E-state index contributed by atoms with van der Waals surface area (Å²) in [5, 5.41) is -0.311. The molecule has 1 saturated heterocycles. The molecule has 26 heavy (non-hydrogen) atoms. The maximum atomic E-state index is 14.4. The number of aromatic nitrogens is 1. The summed E-state index contributed by atoms with van der Waals surface area (Å²) in [6.07, 6.45) is 3.20. The number of carbonyl (C=O) groups excluding carboxylic acids is 2. The van der Waals surface area contributed by atoms with Gasteiger partial charge in [-0.15, -0.1) is 6.58 Å². The number of rotatable bonds is 4. The Kier molecular flexibility index (Phi) is 5.20. The standard InChI is InChI=1S/C19H16BrFN2O2S/c1-4-7-22-18(24)17(26-19(22)25)9-13-8-11(2)23(12(13)3)16-6-5-14(20)10-15(16)21/h4-6,8-10H,1,7H2,2-3H3/b17-9+. The van der Waals surface area contributed by atoms with Gasteiger partial charge in [0, 0.05) is 22.4 Å². The number of benzene rings is 1. The topological polar surface area (TPSA) is 42.3 Å². The Bertz CT molecular complexity index is 965. The number of halogens is 2. The predicted octanol–water partition coefficient (Wildman–Crippen LogP) is 5.22. The highest BCUT2D eigenvalue weighted by Gasteiger charge is 2.34. The second-order valence-corrected chi connectivity index (χ2v) is 7.75. The number of aryl methyl sites for hydroxylation is 1. The fourth-order valence-electron chi connectivity index (χ4n) is 2.89. The number of hydrogen-bond acceptors (Lipinski definition) is 3. The number of nitrogens with zero attached hydrogens (tertiary/aromatic N) is 2. The molecule has 2 aromatic rings. The van der Waals surface area contributed by atoms with Gasteiger partial charge in [0.05, 0.1) is 10.6 Å². The van der Waals surface area contributed by atoms with Gasteiger partial charge in [-0.2, -0.15) is 0 Å². The molecule has 134 valence electrons. The molecule has 0 saturated carbocycles. The van der Waals surface area contributed by atoms with Crippen LogP contribution in [0.25, 0.3) is 11.8 Å². The van der Waals surface area contributed by atoms with Crippen molar-refractivity contribution in [2.75, 3.05) is 6.54 Å². The van der Waals surface area contributed by atoms with Gasteiger partial charge in [0.15, 0.2) is 0 Å². The first-order chi connectivity index (χ1) is 12.3. The van der Waals surface area contributed by atoms with Gasteiger partial charge in [0.2, 0.25) is 0 Å². The molecule has 1 aliphatic rings. The smallest absolute Gasteiger partial charge is 0.293 e. The molecule has 1 aliphatic heterocycles. The second kappa shape index (κ2) is 7.25. The zero-order chi connectivity index (χ0) is 19.0. The third-order valence-electron chi connectivity index (χ3n) is 4.09. The zero-order valence-corrected chi connectivity index (χ0v) is 16.7. The highest BCUT2D eigenvalue weighted by Crippen LogP contribution is 2.34. The summed E-state index contributed by atoms with van der Waals surface area (Å²) in [5.41, 5.74) is 2.83. The molecule has 0 radical (unpaired) electrons. The van der Waals surface area contributed by atoms with Gasteiger partial charge >= 0.3 is 0 Å². The van der Waals surface area contributed by atoms with Crippen molar-refractivity contribution in [3.8, 4) is 5.69 Å². The maximum absolute atomic E-state index is 14.4. The summed E-state index contributed by atoms with van der Waals surface area (Å²) in [7, 11) is 0. The van der Waals surface area contributed by atoms with E-state index in [0.717, 1.165) is 33.6 Å². The average molecular weight is 435 g/mol. The molecule has 2 heterocycles. The monoisotopic (exact) mass is 434 g/mol. The van der Waals surface area contributed by atoms with Gasteiger partial charge in [-0.05, 0) is 61.5 Å². The first-order valence-corrected chi connectivity index (χ1v) is 9.45. The van der Waals surface area contributed by atoms with Crippen molar-refractivity contribution in [1.29, 1.82) is 0 Å². The van der Waals surface area contributed by atoms with Gasteiger partial charge in [-0.3, -0.25) is 14.5 Å². The molecule has 1 aromatic heterocycles. The third kappa shape index (κ3) is 3.29. The lowest BCUT2D eigenvalue weighted by Crippen LogP contribution is -2.27. The van der Waals surface area contributed by atoms with Gasteiger partial charge in [0.1, 0.15) is 5.82 Å². The zero-order valence-electron chi connectivity index (χ0n) is 14.3. The number of hydrogen-bond donors (Lipinski definition) is 0. The summed E-state index contributed by atoms with van der Waals surface area (Å²) in [6, 6.07) is 6.76. The van der Waals surface area contributed by atoms with E-state index < -0.39 is 0 Å². The Balaban J connectivity index is 2.03. The van der Waals surface area contributed by atoms with Crippen LogP contribution in [0.4, 0.5) is 9.18 Å². The van der Waals surface area contributed by atoms with Crippen LogP contribution >= 0.6 is 27.7 Å². The molecule has 0 bridgehead atoms. The van der Waals surface area contributed by atoms with Crippen molar-refractivity contribution >= 4 is 44.9 Å². The van der Waals surface area contributed by atoms with E-state index in [1.54, 1.807) is 22.8 Å². The van der Waals surface area contributed by atoms with Crippen molar-refractivity contribution in [2.24, 2.45) is 0 Å². The van der Waals surface area contributed by atoms with E-state index in [2.05, 4.69) is 22.5 Å². The average Bonchev–Trinajstić information content (AvgIpc) is 2.99. The second-order valence-electron chi connectivity index (χ2n) is 5.84. The fourth-order valence-corrected chi connectivity index (χ4v) is 4.07. The third-order valence-corrected chi connectivity index (χ3v) is 5.49. The quantitative estimate of drug-likeness (QED) is 0.489. The first kappa shape index (κ1) is 18.7. The van der Waals surface area contributed by atoms with Crippen LogP contribution in [-0.4, -0.2) is 27.2 Å². The Hall–Kier alpha value is -2.12. The Morgan fingerprint density at radius 2 is 2.00 bits per heavy atom. The van der Waals surface area contributed by atoms with Crippen molar-refractivity contribution in [3.05, 3.63) is 69.1 Å². The normalized spacial score (nSPS) is 16.0. The van der Waals surface area contributed by atoms with Crippen LogP contribution in [0.2, 0.25) is 0 Å². The van der Waals surface area contributed by atoms with Crippen LogP contribution in [-0.2, 0) is 4.79 Å². The van der Waals surface area contributed by atoms with Crippen LogP contribution < -0.4 is 0 Å². The molecule has 0 N–H and O–H groups in total. The van der Waals surface area contributed by atoms with Crippen LogP contribution in [0.5, 0.6) is 0 Å². The van der Waals surface area contributed by atoms with E-state index >= 15 is 0 Å². The largest absolute Gasteiger partial charge is 0.315 e. The summed E-state index contributed by atoms with van der Waals surface area (Å²) in [5.74, 6) is -0.682. The fraction of sp³-hybridized carbons (Fsp3) is 0.158. The molecule has 0 spiro atoms. The van der Waals surface area contributed by atoms with E-state index in [9.17, 15) is 14.0 Å². The summed E-state index contributed by atoms with van der Waals surface area (Å²) < 4.78 is 16.8. The van der Waals surface area contributed by atoms with Crippen LogP contribution in [0.3, 0.4) is 0 Å². The molecule has 1 fully saturated rings. The summed E-state index contributed by atoms with van der Waals surface area (Å²) in [4.78, 5) is 25.8. The number of carbonyl (C=O) groups is 2. The van der Waals surface area contributed by atoms with E-state index in [1.807, 2.05) is 19.9 Å². The minimum Gasteiger partial charge on any atom is -0.315 e. The molecule has 4 nitrogen and oxygen atoms in total. The van der Waals surface area contributed by atoms with E-state index in [1.165, 1.54) is 12.1 Å². The highest BCUT2D eigenvalue weighted by molar-refractivity contribution is 9.10. The van der Waals surface area contributed by atoms with Crippen LogP contribution in [0.15, 0.2) is 46.3 Å². The molecule has 0 aliphatic carbocycles. The first-order valence-electron chi connectivity index (χ1n) is 7.84. The molecule has 1 aromatic carbocycles. The summed E-state index contributed by atoms with van der Waals surface area (Å²) >= 11 is 4.16. The number of imide groups is 1. The SMILES string of the molecule is C=CCN1C(=O)S/C(=C/c2cc(C)n(-c3ccc(Br)cc3F)c2C)C1=O. The molecular weight excluding hydrogens is 419 g/mol. The number of thioether (sulfide) groups is 1. The predicted molar refractivity (Wildman–Crippen MR) is 106 cm³/mol. The molecule has 0 unspecified atom stereocenters.